The number of nitro benzene ring substituents is 1. The highest BCUT2D eigenvalue weighted by Gasteiger charge is 2.39. The van der Waals surface area contributed by atoms with Gasteiger partial charge in [-0.15, -0.1) is 0 Å². The zero-order chi connectivity index (χ0) is 19.5. The number of halogens is 2. The number of carbonyl (C=O) groups is 2. The van der Waals surface area contributed by atoms with Crippen molar-refractivity contribution in [3.8, 4) is 5.75 Å². The van der Waals surface area contributed by atoms with Crippen molar-refractivity contribution in [2.45, 2.75) is 26.1 Å². The van der Waals surface area contributed by atoms with Crippen LogP contribution in [0.25, 0.3) is 0 Å². The summed E-state index contributed by atoms with van der Waals surface area (Å²) in [6.45, 7) is 1.79. The molecule has 0 saturated carbocycles. The topological polar surface area (TPSA) is 117 Å². The third-order valence-corrected chi connectivity index (χ3v) is 3.03. The first-order chi connectivity index (χ1) is 12.1. The summed E-state index contributed by atoms with van der Waals surface area (Å²) in [4.78, 5) is 33.9. The van der Waals surface area contributed by atoms with Crippen molar-refractivity contribution >= 4 is 23.3 Å². The molecular weight excluding hydrogens is 358 g/mol. The van der Waals surface area contributed by atoms with E-state index < -0.39 is 41.3 Å². The molecule has 0 spiro atoms. The number of nitrogens with zero attached hydrogens (tertiary/aromatic N) is 1. The number of carbonyl (C=O) groups excluding carboxylic acids is 2. The highest BCUT2D eigenvalue weighted by Crippen LogP contribution is 2.30. The molecule has 1 fully saturated rings. The Morgan fingerprint density at radius 1 is 1.31 bits per heavy atom. The number of cyclic esters (lactones) is 2. The lowest BCUT2D eigenvalue weighted by Crippen LogP contribution is -2.42. The first-order valence-electron chi connectivity index (χ1n) is 7.22. The maximum atomic E-state index is 12.3. The number of ether oxygens (including phenoxy) is 3. The third-order valence-electron chi connectivity index (χ3n) is 3.03. The molecule has 1 aromatic rings. The van der Waals surface area contributed by atoms with E-state index in [0.29, 0.717) is 0 Å². The summed E-state index contributed by atoms with van der Waals surface area (Å²) >= 11 is 0. The fraction of sp³-hybridized carbons (Fsp3) is 0.333. The zero-order valence-electron chi connectivity index (χ0n) is 13.7. The average molecular weight is 372 g/mol. The second kappa shape index (κ2) is 7.33. The second-order valence-corrected chi connectivity index (χ2v) is 5.52. The number of hydrogen-bond acceptors (Lipinski definition) is 8. The Bertz CT molecular complexity index is 755. The standard InChI is InChI=1S/C15H14F2N2O7/c1-15(2)25-13(20)9(14(21)26-15)6-18-10-5-8(19(22)23)3-4-11(10)24-7-12(16)17/h3-6,12,18H,7H2,1-2H3. The summed E-state index contributed by atoms with van der Waals surface area (Å²) in [6.07, 6.45) is -1.87. The molecule has 2 rings (SSSR count). The van der Waals surface area contributed by atoms with E-state index in [1.807, 2.05) is 0 Å². The summed E-state index contributed by atoms with van der Waals surface area (Å²) in [7, 11) is 0. The Labute approximate surface area is 145 Å². The number of hydrogen-bond donors (Lipinski definition) is 1. The SMILES string of the molecule is CC1(C)OC(=O)C(=CNc2cc([N+](=O)[O-])ccc2OCC(F)F)C(=O)O1. The van der Waals surface area contributed by atoms with Gasteiger partial charge in [-0.05, 0) is 6.07 Å². The minimum Gasteiger partial charge on any atom is -0.485 e. The lowest BCUT2D eigenvalue weighted by atomic mass is 10.2. The highest BCUT2D eigenvalue weighted by molar-refractivity contribution is 6.15. The van der Waals surface area contributed by atoms with Crippen molar-refractivity contribution in [1.82, 2.24) is 0 Å². The van der Waals surface area contributed by atoms with Gasteiger partial charge in [-0.2, -0.15) is 0 Å². The van der Waals surface area contributed by atoms with Crippen molar-refractivity contribution < 1.29 is 37.5 Å². The number of nitro groups is 1. The quantitative estimate of drug-likeness (QED) is 0.266. The van der Waals surface area contributed by atoms with Crippen LogP contribution in [0, 0.1) is 10.1 Å². The summed E-state index contributed by atoms with van der Waals surface area (Å²) in [5, 5.41) is 13.3. The molecule has 26 heavy (non-hydrogen) atoms. The molecule has 0 atom stereocenters. The van der Waals surface area contributed by atoms with Gasteiger partial charge in [-0.25, -0.2) is 18.4 Å². The van der Waals surface area contributed by atoms with Crippen LogP contribution < -0.4 is 10.1 Å². The van der Waals surface area contributed by atoms with Gasteiger partial charge in [-0.1, -0.05) is 0 Å². The number of anilines is 1. The summed E-state index contributed by atoms with van der Waals surface area (Å²) in [6, 6.07) is 3.17. The monoisotopic (exact) mass is 372 g/mol. The summed E-state index contributed by atoms with van der Waals surface area (Å²) < 4.78 is 39.3. The fourth-order valence-corrected chi connectivity index (χ4v) is 1.95. The van der Waals surface area contributed by atoms with Crippen LogP contribution in [-0.4, -0.2) is 35.7 Å². The van der Waals surface area contributed by atoms with Gasteiger partial charge >= 0.3 is 11.9 Å². The number of non-ortho nitro benzene ring substituents is 1. The molecular formula is C15H14F2N2O7. The lowest BCUT2D eigenvalue weighted by Gasteiger charge is -2.29. The van der Waals surface area contributed by atoms with Crippen LogP contribution in [0.15, 0.2) is 30.0 Å². The highest BCUT2D eigenvalue weighted by atomic mass is 19.3. The Morgan fingerprint density at radius 2 is 1.92 bits per heavy atom. The molecule has 0 aromatic heterocycles. The molecule has 1 aromatic carbocycles. The van der Waals surface area contributed by atoms with Gasteiger partial charge < -0.3 is 19.5 Å². The molecule has 1 saturated heterocycles. The van der Waals surface area contributed by atoms with E-state index in [2.05, 4.69) is 5.32 Å². The third kappa shape index (κ3) is 4.65. The number of benzene rings is 1. The Hall–Kier alpha value is -3.24. The minimum atomic E-state index is -2.76. The van der Waals surface area contributed by atoms with Gasteiger partial charge in [0.1, 0.15) is 12.4 Å². The van der Waals surface area contributed by atoms with Gasteiger partial charge in [-0.3, -0.25) is 10.1 Å². The summed E-state index contributed by atoms with van der Waals surface area (Å²) in [5.74, 6) is -3.51. The van der Waals surface area contributed by atoms with Gasteiger partial charge in [0.2, 0.25) is 0 Å². The van der Waals surface area contributed by atoms with Gasteiger partial charge in [0, 0.05) is 32.2 Å². The van der Waals surface area contributed by atoms with Crippen LogP contribution >= 0.6 is 0 Å². The molecule has 9 nitrogen and oxygen atoms in total. The first kappa shape index (κ1) is 19.1. The number of rotatable bonds is 6. The summed E-state index contributed by atoms with van der Waals surface area (Å²) in [5.41, 5.74) is -0.960. The number of alkyl halides is 2. The van der Waals surface area contributed by atoms with Gasteiger partial charge in [0.05, 0.1) is 10.6 Å². The van der Waals surface area contributed by atoms with Crippen LogP contribution in [0.4, 0.5) is 20.2 Å². The van der Waals surface area contributed by atoms with Crippen molar-refractivity contribution in [3.63, 3.8) is 0 Å². The largest absolute Gasteiger partial charge is 0.485 e. The van der Waals surface area contributed by atoms with E-state index in [0.717, 1.165) is 24.4 Å². The van der Waals surface area contributed by atoms with Crippen LogP contribution in [0.5, 0.6) is 5.75 Å². The molecule has 0 unspecified atom stereocenters. The molecule has 140 valence electrons. The molecule has 11 heteroatoms. The predicted molar refractivity (Wildman–Crippen MR) is 82.6 cm³/mol. The normalized spacial score (nSPS) is 16.0. The van der Waals surface area contributed by atoms with E-state index in [1.165, 1.54) is 13.8 Å². The Kier molecular flexibility index (Phi) is 5.38. The molecule has 1 aliphatic heterocycles. The van der Waals surface area contributed by atoms with Crippen molar-refractivity contribution in [3.05, 3.63) is 40.1 Å². The second-order valence-electron chi connectivity index (χ2n) is 5.52. The molecule has 0 aliphatic carbocycles. The molecule has 1 heterocycles. The molecule has 0 radical (unpaired) electrons. The zero-order valence-corrected chi connectivity index (χ0v) is 13.7. The minimum absolute atomic E-state index is 0.0993. The first-order valence-corrected chi connectivity index (χ1v) is 7.22. The molecule has 0 bridgehead atoms. The number of esters is 2. The van der Waals surface area contributed by atoms with Crippen LogP contribution in [0.3, 0.4) is 0 Å². The van der Waals surface area contributed by atoms with Gasteiger partial charge in [0.25, 0.3) is 17.9 Å². The fourth-order valence-electron chi connectivity index (χ4n) is 1.95. The van der Waals surface area contributed by atoms with E-state index in [1.54, 1.807) is 0 Å². The maximum Gasteiger partial charge on any atom is 0.350 e. The van der Waals surface area contributed by atoms with Crippen molar-refractivity contribution in [1.29, 1.82) is 0 Å². The van der Waals surface area contributed by atoms with Crippen LogP contribution in [0.2, 0.25) is 0 Å². The Morgan fingerprint density at radius 3 is 2.46 bits per heavy atom. The maximum absolute atomic E-state index is 12.3. The lowest BCUT2D eigenvalue weighted by molar-refractivity contribution is -0.384. The smallest absolute Gasteiger partial charge is 0.350 e. The molecule has 1 N–H and O–H groups in total. The van der Waals surface area contributed by atoms with E-state index >= 15 is 0 Å². The Balaban J connectivity index is 2.28. The van der Waals surface area contributed by atoms with E-state index in [4.69, 9.17) is 14.2 Å². The van der Waals surface area contributed by atoms with Gasteiger partial charge in [0.15, 0.2) is 5.57 Å². The van der Waals surface area contributed by atoms with Crippen LogP contribution in [-0.2, 0) is 19.1 Å². The van der Waals surface area contributed by atoms with E-state index in [9.17, 15) is 28.5 Å². The molecule has 1 aliphatic rings. The molecule has 0 amide bonds. The predicted octanol–water partition coefficient (Wildman–Crippen LogP) is 2.37. The van der Waals surface area contributed by atoms with Crippen molar-refractivity contribution in [2.24, 2.45) is 0 Å². The average Bonchev–Trinajstić information content (AvgIpc) is 2.51. The van der Waals surface area contributed by atoms with Crippen LogP contribution in [0.1, 0.15) is 13.8 Å². The number of nitrogens with one attached hydrogen (secondary N) is 1. The van der Waals surface area contributed by atoms with Crippen molar-refractivity contribution in [2.75, 3.05) is 11.9 Å². The van der Waals surface area contributed by atoms with E-state index in [-0.39, 0.29) is 17.1 Å².